The van der Waals surface area contributed by atoms with Gasteiger partial charge in [-0.15, -0.1) is 0 Å². The molecule has 1 N–H and O–H groups in total. The van der Waals surface area contributed by atoms with Crippen LogP contribution in [0.25, 0.3) is 0 Å². The van der Waals surface area contributed by atoms with E-state index in [1.807, 2.05) is 0 Å². The molecule has 0 aliphatic carbocycles. The first-order valence-electron chi connectivity index (χ1n) is 6.09. The number of halogens is 3. The van der Waals surface area contributed by atoms with Crippen LogP contribution in [0, 0.1) is 0 Å². The van der Waals surface area contributed by atoms with E-state index >= 15 is 0 Å². The van der Waals surface area contributed by atoms with Crippen molar-refractivity contribution in [3.63, 3.8) is 0 Å². The lowest BCUT2D eigenvalue weighted by Crippen LogP contribution is -2.35. The van der Waals surface area contributed by atoms with Gasteiger partial charge in [-0.3, -0.25) is 4.79 Å². The number of carbonyl (C=O) groups excluding carboxylic acids is 1. The van der Waals surface area contributed by atoms with Gasteiger partial charge in [-0.05, 0) is 11.6 Å². The number of nitrogens with zero attached hydrogens (tertiary/aromatic N) is 1. The second kappa shape index (κ2) is 5.64. The minimum absolute atomic E-state index is 0.000255. The molecule has 5 nitrogen and oxygen atoms in total. The van der Waals surface area contributed by atoms with Gasteiger partial charge in [0.25, 0.3) is 0 Å². The zero-order valence-corrected chi connectivity index (χ0v) is 11.7. The molecule has 0 atom stereocenters. The van der Waals surface area contributed by atoms with Crippen molar-refractivity contribution in [2.24, 2.45) is 0 Å². The van der Waals surface area contributed by atoms with Crippen molar-refractivity contribution in [1.29, 1.82) is 0 Å². The number of sulfonamides is 1. The number of hydrogen-bond donors (Lipinski definition) is 1. The first-order chi connectivity index (χ1) is 9.68. The van der Waals surface area contributed by atoms with Gasteiger partial charge < -0.3 is 5.32 Å². The molecule has 0 unspecified atom stereocenters. The number of carbonyl (C=O) groups is 1. The van der Waals surface area contributed by atoms with Crippen LogP contribution in [0.2, 0.25) is 0 Å². The Bertz CT molecular complexity index is 643. The lowest BCUT2D eigenvalue weighted by atomic mass is 10.1. The first kappa shape index (κ1) is 15.8. The molecule has 0 radical (unpaired) electrons. The lowest BCUT2D eigenvalue weighted by Gasteiger charge is -2.19. The van der Waals surface area contributed by atoms with Crippen LogP contribution < -0.4 is 5.32 Å². The maximum absolute atomic E-state index is 12.6. The van der Waals surface area contributed by atoms with Crippen LogP contribution >= 0.6 is 0 Å². The summed E-state index contributed by atoms with van der Waals surface area (Å²) in [5, 5.41) is 2.41. The van der Waals surface area contributed by atoms with Crippen molar-refractivity contribution >= 4 is 15.9 Å². The molecule has 1 aromatic rings. The third kappa shape index (κ3) is 3.94. The standard InChI is InChI=1S/C12H13F3N2O3S/c13-12(14,15)10-3-1-2-9(6-10)7-17-8-11(18)16-4-5-21(17,19)20/h1-3,6H,4-5,7-8H2,(H,16,18). The normalized spacial score (nSPS) is 19.9. The minimum atomic E-state index is -4.49. The van der Waals surface area contributed by atoms with E-state index in [4.69, 9.17) is 0 Å². The summed E-state index contributed by atoms with van der Waals surface area (Å²) >= 11 is 0. The highest BCUT2D eigenvalue weighted by molar-refractivity contribution is 7.89. The molecule has 1 fully saturated rings. The molecule has 1 aliphatic heterocycles. The van der Waals surface area contributed by atoms with Crippen molar-refractivity contribution in [3.8, 4) is 0 Å². The van der Waals surface area contributed by atoms with Gasteiger partial charge in [0.1, 0.15) is 0 Å². The summed E-state index contributed by atoms with van der Waals surface area (Å²) < 4.78 is 62.7. The quantitative estimate of drug-likeness (QED) is 0.882. The Labute approximate surface area is 119 Å². The molecule has 1 aliphatic rings. The number of hydrogen-bond acceptors (Lipinski definition) is 3. The van der Waals surface area contributed by atoms with Crippen molar-refractivity contribution in [2.75, 3.05) is 18.8 Å². The number of rotatable bonds is 2. The van der Waals surface area contributed by atoms with Gasteiger partial charge in [-0.1, -0.05) is 18.2 Å². The Morgan fingerprint density at radius 2 is 2.00 bits per heavy atom. The average Bonchev–Trinajstić information content (AvgIpc) is 2.48. The van der Waals surface area contributed by atoms with E-state index < -0.39 is 34.2 Å². The predicted octanol–water partition coefficient (Wildman–Crippen LogP) is 0.967. The third-order valence-electron chi connectivity index (χ3n) is 3.01. The largest absolute Gasteiger partial charge is 0.416 e. The van der Waals surface area contributed by atoms with E-state index in [1.165, 1.54) is 12.1 Å². The Balaban J connectivity index is 2.25. The van der Waals surface area contributed by atoms with E-state index in [2.05, 4.69) is 5.32 Å². The fraction of sp³-hybridized carbons (Fsp3) is 0.417. The van der Waals surface area contributed by atoms with Crippen molar-refractivity contribution < 1.29 is 26.4 Å². The van der Waals surface area contributed by atoms with Crippen LogP contribution in [-0.2, 0) is 27.5 Å². The van der Waals surface area contributed by atoms with E-state index in [0.29, 0.717) is 0 Å². The maximum Gasteiger partial charge on any atom is 0.416 e. The molecule has 116 valence electrons. The number of amides is 1. The van der Waals surface area contributed by atoms with Gasteiger partial charge in [-0.25, -0.2) is 8.42 Å². The molecular formula is C12H13F3N2O3S. The Morgan fingerprint density at radius 1 is 1.29 bits per heavy atom. The van der Waals surface area contributed by atoms with Crippen LogP contribution in [-0.4, -0.2) is 37.5 Å². The maximum atomic E-state index is 12.6. The minimum Gasteiger partial charge on any atom is -0.354 e. The number of benzene rings is 1. The van der Waals surface area contributed by atoms with Gasteiger partial charge in [0.05, 0.1) is 17.9 Å². The highest BCUT2D eigenvalue weighted by atomic mass is 32.2. The zero-order valence-electron chi connectivity index (χ0n) is 10.9. The molecule has 9 heteroatoms. The number of alkyl halides is 3. The molecule has 0 saturated carbocycles. The molecule has 2 rings (SSSR count). The molecule has 0 bridgehead atoms. The topological polar surface area (TPSA) is 66.5 Å². The smallest absolute Gasteiger partial charge is 0.354 e. The lowest BCUT2D eigenvalue weighted by molar-refractivity contribution is -0.137. The van der Waals surface area contributed by atoms with E-state index in [9.17, 15) is 26.4 Å². The van der Waals surface area contributed by atoms with Crippen LogP contribution in [0.5, 0.6) is 0 Å². The molecule has 1 heterocycles. The highest BCUT2D eigenvalue weighted by Crippen LogP contribution is 2.29. The molecule has 0 aromatic heterocycles. The van der Waals surface area contributed by atoms with Gasteiger partial charge in [-0.2, -0.15) is 17.5 Å². The van der Waals surface area contributed by atoms with Crippen molar-refractivity contribution in [1.82, 2.24) is 9.62 Å². The van der Waals surface area contributed by atoms with Gasteiger partial charge in [0.15, 0.2) is 0 Å². The van der Waals surface area contributed by atoms with Crippen LogP contribution in [0.3, 0.4) is 0 Å². The SMILES string of the molecule is O=C1CN(Cc2cccc(C(F)(F)F)c2)S(=O)(=O)CCN1. The number of nitrogens with one attached hydrogen (secondary N) is 1. The summed E-state index contributed by atoms with van der Waals surface area (Å²) in [4.78, 5) is 11.4. The molecular weight excluding hydrogens is 309 g/mol. The monoisotopic (exact) mass is 322 g/mol. The van der Waals surface area contributed by atoms with Crippen molar-refractivity contribution in [3.05, 3.63) is 35.4 Å². The van der Waals surface area contributed by atoms with Crippen LogP contribution in [0.15, 0.2) is 24.3 Å². The fourth-order valence-corrected chi connectivity index (χ4v) is 3.24. The molecule has 1 saturated heterocycles. The molecule has 1 amide bonds. The molecule has 21 heavy (non-hydrogen) atoms. The second-order valence-corrected chi connectivity index (χ2v) is 6.72. The van der Waals surface area contributed by atoms with Crippen LogP contribution in [0.4, 0.5) is 13.2 Å². The summed E-state index contributed by atoms with van der Waals surface area (Å²) in [5.74, 6) is -0.736. The Kier molecular flexibility index (Phi) is 4.24. The average molecular weight is 322 g/mol. The van der Waals surface area contributed by atoms with E-state index in [0.717, 1.165) is 16.4 Å². The highest BCUT2D eigenvalue weighted by Gasteiger charge is 2.31. The summed E-state index contributed by atoms with van der Waals surface area (Å²) in [6, 6.07) is 4.40. The fourth-order valence-electron chi connectivity index (χ4n) is 1.97. The summed E-state index contributed by atoms with van der Waals surface area (Å²) in [7, 11) is -3.67. The molecule has 0 spiro atoms. The van der Waals surface area contributed by atoms with Gasteiger partial charge in [0, 0.05) is 13.1 Å². The third-order valence-corrected chi connectivity index (χ3v) is 4.77. The van der Waals surface area contributed by atoms with Gasteiger partial charge >= 0.3 is 6.18 Å². The molecule has 1 aromatic carbocycles. The van der Waals surface area contributed by atoms with Crippen molar-refractivity contribution in [2.45, 2.75) is 12.7 Å². The Hall–Kier alpha value is -1.61. The first-order valence-corrected chi connectivity index (χ1v) is 7.70. The zero-order chi connectivity index (χ0) is 15.7. The summed E-state index contributed by atoms with van der Waals surface area (Å²) in [5.41, 5.74) is -0.667. The van der Waals surface area contributed by atoms with Gasteiger partial charge in [0.2, 0.25) is 15.9 Å². The predicted molar refractivity (Wildman–Crippen MR) is 68.7 cm³/mol. The van der Waals surface area contributed by atoms with Crippen LogP contribution in [0.1, 0.15) is 11.1 Å². The Morgan fingerprint density at radius 3 is 2.67 bits per heavy atom. The second-order valence-electron chi connectivity index (χ2n) is 4.63. The van der Waals surface area contributed by atoms with E-state index in [1.54, 1.807) is 0 Å². The summed E-state index contributed by atoms with van der Waals surface area (Å²) in [6.07, 6.45) is -4.49. The van der Waals surface area contributed by atoms with E-state index in [-0.39, 0.29) is 24.4 Å². The summed E-state index contributed by atoms with van der Waals surface area (Å²) in [6.45, 7) is -0.654.